The third-order valence-electron chi connectivity index (χ3n) is 3.73. The first kappa shape index (κ1) is 18.6. The number of fused-ring (bicyclic) bond motifs is 1. The van der Waals surface area contributed by atoms with Crippen LogP contribution in [0.3, 0.4) is 0 Å². The molecule has 2 rings (SSSR count). The third kappa shape index (κ3) is 5.13. The van der Waals surface area contributed by atoms with Crippen molar-refractivity contribution in [3.63, 3.8) is 0 Å². The fraction of sp³-hybridized carbons (Fsp3) is 0.786. The molecule has 0 amide bonds. The van der Waals surface area contributed by atoms with Crippen molar-refractivity contribution in [2.45, 2.75) is 56.4 Å². The van der Waals surface area contributed by atoms with Crippen LogP contribution < -0.4 is 0 Å². The number of esters is 1. The molecule has 136 valence electrons. The average molecular weight is 348 g/mol. The van der Waals surface area contributed by atoms with Crippen LogP contribution in [0.15, 0.2) is 0 Å². The standard InChI is InChI=1S/C14H20O10/c15-9(16)1-3-11(19)23-7-5-21-14-8(6-22-13(7)14)24-12(20)4-2-10(17)18/h7-8,11,13-14,19H,1-6H2,(H,15,16)(H,17,18). The Morgan fingerprint density at radius 3 is 2.17 bits per heavy atom. The number of carboxylic acids is 2. The number of ether oxygens (including phenoxy) is 4. The summed E-state index contributed by atoms with van der Waals surface area (Å²) in [5.74, 6) is -2.78. The maximum Gasteiger partial charge on any atom is 0.306 e. The van der Waals surface area contributed by atoms with Gasteiger partial charge in [-0.3, -0.25) is 14.4 Å². The molecule has 0 bridgehead atoms. The van der Waals surface area contributed by atoms with E-state index in [-0.39, 0.29) is 38.9 Å². The van der Waals surface area contributed by atoms with Crippen molar-refractivity contribution in [2.75, 3.05) is 13.2 Å². The van der Waals surface area contributed by atoms with Crippen molar-refractivity contribution >= 4 is 17.9 Å². The van der Waals surface area contributed by atoms with E-state index >= 15 is 0 Å². The van der Waals surface area contributed by atoms with E-state index in [2.05, 4.69) is 0 Å². The first-order valence-corrected chi connectivity index (χ1v) is 7.56. The van der Waals surface area contributed by atoms with Crippen molar-refractivity contribution in [2.24, 2.45) is 0 Å². The molecule has 0 aromatic carbocycles. The van der Waals surface area contributed by atoms with Crippen molar-refractivity contribution in [3.05, 3.63) is 0 Å². The van der Waals surface area contributed by atoms with E-state index in [0.29, 0.717) is 0 Å². The molecule has 0 saturated carbocycles. The minimum Gasteiger partial charge on any atom is -0.481 e. The molecule has 0 aromatic rings. The van der Waals surface area contributed by atoms with Crippen molar-refractivity contribution in [1.29, 1.82) is 0 Å². The van der Waals surface area contributed by atoms with Crippen LogP contribution in [0, 0.1) is 0 Å². The number of rotatable bonds is 9. The monoisotopic (exact) mass is 348 g/mol. The number of carbonyl (C=O) groups is 3. The van der Waals surface area contributed by atoms with Gasteiger partial charge in [0.25, 0.3) is 0 Å². The van der Waals surface area contributed by atoms with Crippen molar-refractivity contribution in [3.8, 4) is 0 Å². The summed E-state index contributed by atoms with van der Waals surface area (Å²) in [6.07, 6.45) is -4.46. The maximum atomic E-state index is 11.6. The van der Waals surface area contributed by atoms with E-state index in [1.165, 1.54) is 0 Å². The maximum absolute atomic E-state index is 11.6. The zero-order valence-corrected chi connectivity index (χ0v) is 12.8. The Morgan fingerprint density at radius 1 is 0.958 bits per heavy atom. The minimum atomic E-state index is -1.26. The molecule has 0 aliphatic carbocycles. The number of hydrogen-bond donors (Lipinski definition) is 3. The molecule has 5 atom stereocenters. The smallest absolute Gasteiger partial charge is 0.306 e. The van der Waals surface area contributed by atoms with Crippen LogP contribution in [0.4, 0.5) is 0 Å². The molecule has 2 aliphatic rings. The van der Waals surface area contributed by atoms with Gasteiger partial charge in [0.2, 0.25) is 0 Å². The van der Waals surface area contributed by atoms with Gasteiger partial charge in [-0.25, -0.2) is 0 Å². The first-order valence-electron chi connectivity index (χ1n) is 7.56. The fourth-order valence-corrected chi connectivity index (χ4v) is 2.60. The molecule has 2 fully saturated rings. The summed E-state index contributed by atoms with van der Waals surface area (Å²) < 4.78 is 21.5. The van der Waals surface area contributed by atoms with E-state index < -0.39 is 48.6 Å². The number of aliphatic carboxylic acids is 2. The molecule has 24 heavy (non-hydrogen) atoms. The van der Waals surface area contributed by atoms with Gasteiger partial charge in [-0.1, -0.05) is 0 Å². The summed E-state index contributed by atoms with van der Waals surface area (Å²) in [5, 5.41) is 26.8. The minimum absolute atomic E-state index is 0.0587. The second kappa shape index (κ2) is 8.38. The molecule has 2 aliphatic heterocycles. The highest BCUT2D eigenvalue weighted by molar-refractivity contribution is 5.76. The lowest BCUT2D eigenvalue weighted by Gasteiger charge is -2.20. The van der Waals surface area contributed by atoms with Crippen LogP contribution in [-0.2, 0) is 33.3 Å². The Morgan fingerprint density at radius 2 is 1.54 bits per heavy atom. The highest BCUT2D eigenvalue weighted by atomic mass is 16.7. The zero-order chi connectivity index (χ0) is 17.7. The van der Waals surface area contributed by atoms with Gasteiger partial charge in [0.05, 0.1) is 32.5 Å². The van der Waals surface area contributed by atoms with Crippen molar-refractivity contribution < 1.29 is 48.7 Å². The molecule has 0 radical (unpaired) electrons. The lowest BCUT2D eigenvalue weighted by atomic mass is 10.1. The number of aliphatic hydroxyl groups excluding tert-OH is 1. The van der Waals surface area contributed by atoms with Gasteiger partial charge >= 0.3 is 17.9 Å². The Hall–Kier alpha value is -1.75. The Bertz CT molecular complexity index is 478. The molecule has 2 heterocycles. The quantitative estimate of drug-likeness (QED) is 0.354. The van der Waals surface area contributed by atoms with E-state index in [9.17, 15) is 19.5 Å². The summed E-state index contributed by atoms with van der Waals surface area (Å²) in [7, 11) is 0. The Balaban J connectivity index is 1.77. The molecule has 10 nitrogen and oxygen atoms in total. The number of aliphatic hydroxyl groups is 1. The summed E-state index contributed by atoms with van der Waals surface area (Å²) in [5.41, 5.74) is 0. The van der Waals surface area contributed by atoms with Crippen LogP contribution in [0.25, 0.3) is 0 Å². The summed E-state index contributed by atoms with van der Waals surface area (Å²) in [6.45, 7) is 0.196. The molecular formula is C14H20O10. The van der Waals surface area contributed by atoms with Crippen LogP contribution >= 0.6 is 0 Å². The molecule has 5 unspecified atom stereocenters. The highest BCUT2D eigenvalue weighted by Gasteiger charge is 2.50. The van der Waals surface area contributed by atoms with Gasteiger partial charge in [-0.05, 0) is 0 Å². The molecule has 3 N–H and O–H groups in total. The number of hydrogen-bond acceptors (Lipinski definition) is 8. The molecular weight excluding hydrogens is 328 g/mol. The van der Waals surface area contributed by atoms with Gasteiger partial charge in [-0.15, -0.1) is 0 Å². The third-order valence-corrected chi connectivity index (χ3v) is 3.73. The summed E-state index contributed by atoms with van der Waals surface area (Å²) >= 11 is 0. The zero-order valence-electron chi connectivity index (χ0n) is 12.8. The van der Waals surface area contributed by atoms with Gasteiger partial charge in [0.1, 0.15) is 18.3 Å². The number of carboxylic acid groups (broad SMARTS) is 2. The summed E-state index contributed by atoms with van der Waals surface area (Å²) in [4.78, 5) is 32.5. The second-order valence-corrected chi connectivity index (χ2v) is 5.58. The van der Waals surface area contributed by atoms with Gasteiger partial charge in [0, 0.05) is 6.42 Å². The average Bonchev–Trinajstić information content (AvgIpc) is 3.07. The van der Waals surface area contributed by atoms with Crippen LogP contribution in [0.2, 0.25) is 0 Å². The normalized spacial score (nSPS) is 29.9. The molecule has 0 aromatic heterocycles. The predicted octanol–water partition coefficient (Wildman–Crippen LogP) is -0.871. The topological polar surface area (TPSA) is 149 Å². The fourth-order valence-electron chi connectivity index (χ4n) is 2.60. The van der Waals surface area contributed by atoms with Crippen LogP contribution in [0.1, 0.15) is 25.7 Å². The lowest BCUT2D eigenvalue weighted by Crippen LogP contribution is -2.36. The Labute approximate surface area is 137 Å². The second-order valence-electron chi connectivity index (χ2n) is 5.58. The van der Waals surface area contributed by atoms with Gasteiger partial charge in [-0.2, -0.15) is 0 Å². The van der Waals surface area contributed by atoms with E-state index in [4.69, 9.17) is 29.2 Å². The summed E-state index contributed by atoms with van der Waals surface area (Å²) in [6, 6.07) is 0. The van der Waals surface area contributed by atoms with Crippen molar-refractivity contribution in [1.82, 2.24) is 0 Å². The first-order chi connectivity index (χ1) is 11.4. The number of carbonyl (C=O) groups excluding carboxylic acids is 1. The van der Waals surface area contributed by atoms with Crippen LogP contribution in [-0.4, -0.2) is 77.1 Å². The van der Waals surface area contributed by atoms with Gasteiger partial charge < -0.3 is 34.3 Å². The highest BCUT2D eigenvalue weighted by Crippen LogP contribution is 2.31. The SMILES string of the molecule is O=C(O)CCC(=O)OC1COC2C(OC(O)CCC(=O)O)COC12. The van der Waals surface area contributed by atoms with Gasteiger partial charge in [0.15, 0.2) is 12.4 Å². The largest absolute Gasteiger partial charge is 0.481 e. The predicted molar refractivity (Wildman–Crippen MR) is 74.0 cm³/mol. The lowest BCUT2D eigenvalue weighted by molar-refractivity contribution is -0.167. The molecule has 10 heteroatoms. The van der Waals surface area contributed by atoms with E-state index in [1.54, 1.807) is 0 Å². The van der Waals surface area contributed by atoms with E-state index in [0.717, 1.165) is 0 Å². The van der Waals surface area contributed by atoms with E-state index in [1.807, 2.05) is 0 Å². The molecule has 0 spiro atoms. The van der Waals surface area contributed by atoms with Crippen LogP contribution in [0.5, 0.6) is 0 Å². The Kier molecular flexibility index (Phi) is 6.49. The molecule has 2 saturated heterocycles.